The Hall–Kier alpha value is -1.92. The molecule has 0 saturated heterocycles. The molecule has 18 heavy (non-hydrogen) atoms. The number of hydrogen-bond acceptors (Lipinski definition) is 5. The number of pyridine rings is 2. The summed E-state index contributed by atoms with van der Waals surface area (Å²) in [6.07, 6.45) is 4.36. The molecule has 0 spiro atoms. The zero-order valence-corrected chi connectivity index (χ0v) is 9.89. The lowest BCUT2D eigenvalue weighted by molar-refractivity contribution is 0.221. The van der Waals surface area contributed by atoms with Crippen LogP contribution in [0.4, 0.5) is 0 Å². The van der Waals surface area contributed by atoms with Crippen molar-refractivity contribution in [2.45, 2.75) is 13.0 Å². The second-order valence-corrected chi connectivity index (χ2v) is 3.84. The highest BCUT2D eigenvalue weighted by atomic mass is 16.5. The third-order valence-corrected chi connectivity index (χ3v) is 2.45. The highest BCUT2D eigenvalue weighted by Gasteiger charge is 2.14. The standard InChI is InChI=1S/C12H13BN2O3/c1-9(12-4-2-3-5-15-12)18-11-6-10(13(16)17)7-14-8-11/h2-9,16-17H,1H3. The van der Waals surface area contributed by atoms with Crippen molar-refractivity contribution in [1.82, 2.24) is 9.97 Å². The quantitative estimate of drug-likeness (QED) is 0.756. The number of rotatable bonds is 4. The van der Waals surface area contributed by atoms with Gasteiger partial charge in [-0.15, -0.1) is 0 Å². The van der Waals surface area contributed by atoms with E-state index in [-0.39, 0.29) is 6.10 Å². The van der Waals surface area contributed by atoms with E-state index in [1.165, 1.54) is 18.5 Å². The first kappa shape index (κ1) is 12.5. The van der Waals surface area contributed by atoms with E-state index in [4.69, 9.17) is 14.8 Å². The molecule has 2 aromatic heterocycles. The average molecular weight is 244 g/mol. The van der Waals surface area contributed by atoms with Crippen LogP contribution in [-0.2, 0) is 0 Å². The number of hydrogen-bond donors (Lipinski definition) is 2. The van der Waals surface area contributed by atoms with Gasteiger partial charge in [0.2, 0.25) is 0 Å². The van der Waals surface area contributed by atoms with Crippen LogP contribution in [0.25, 0.3) is 0 Å². The van der Waals surface area contributed by atoms with Crippen LogP contribution >= 0.6 is 0 Å². The molecule has 0 fully saturated rings. The van der Waals surface area contributed by atoms with E-state index >= 15 is 0 Å². The van der Waals surface area contributed by atoms with Crippen molar-refractivity contribution in [3.8, 4) is 5.75 Å². The van der Waals surface area contributed by atoms with E-state index in [0.29, 0.717) is 11.2 Å². The van der Waals surface area contributed by atoms with Crippen molar-refractivity contribution in [2.24, 2.45) is 0 Å². The Bertz CT molecular complexity index is 508. The van der Waals surface area contributed by atoms with Crippen molar-refractivity contribution >= 4 is 12.6 Å². The summed E-state index contributed by atoms with van der Waals surface area (Å²) in [5.74, 6) is 0.471. The molecular formula is C12H13BN2O3. The maximum absolute atomic E-state index is 9.05. The second-order valence-electron chi connectivity index (χ2n) is 3.84. The predicted molar refractivity (Wildman–Crippen MR) is 67.3 cm³/mol. The maximum atomic E-state index is 9.05. The van der Waals surface area contributed by atoms with Crippen LogP contribution in [0.3, 0.4) is 0 Å². The molecule has 0 bridgehead atoms. The Labute approximate surface area is 105 Å². The second kappa shape index (κ2) is 5.62. The molecule has 2 heterocycles. The van der Waals surface area contributed by atoms with Gasteiger partial charge in [-0.1, -0.05) is 6.07 Å². The molecule has 0 amide bonds. The van der Waals surface area contributed by atoms with E-state index < -0.39 is 7.12 Å². The zero-order valence-electron chi connectivity index (χ0n) is 9.89. The molecule has 0 radical (unpaired) electrons. The fraction of sp³-hybridized carbons (Fsp3) is 0.167. The molecule has 6 heteroatoms. The minimum absolute atomic E-state index is 0.237. The minimum atomic E-state index is -1.55. The summed E-state index contributed by atoms with van der Waals surface area (Å²) < 4.78 is 5.64. The van der Waals surface area contributed by atoms with Gasteiger partial charge in [0, 0.05) is 17.9 Å². The summed E-state index contributed by atoms with van der Waals surface area (Å²) >= 11 is 0. The Balaban J connectivity index is 2.12. The van der Waals surface area contributed by atoms with Crippen molar-refractivity contribution < 1.29 is 14.8 Å². The summed E-state index contributed by atoms with van der Waals surface area (Å²) in [5.41, 5.74) is 1.09. The van der Waals surface area contributed by atoms with Crippen molar-refractivity contribution in [3.63, 3.8) is 0 Å². The summed E-state index contributed by atoms with van der Waals surface area (Å²) in [6, 6.07) is 7.12. The van der Waals surface area contributed by atoms with Crippen LogP contribution in [0.1, 0.15) is 18.7 Å². The highest BCUT2D eigenvalue weighted by molar-refractivity contribution is 6.58. The van der Waals surface area contributed by atoms with E-state index in [1.807, 2.05) is 25.1 Å². The molecule has 5 nitrogen and oxygen atoms in total. The molecule has 0 saturated carbocycles. The molecule has 0 aliphatic carbocycles. The molecule has 2 rings (SSSR count). The lowest BCUT2D eigenvalue weighted by Crippen LogP contribution is -2.30. The first-order valence-corrected chi connectivity index (χ1v) is 5.55. The van der Waals surface area contributed by atoms with Crippen molar-refractivity contribution in [2.75, 3.05) is 0 Å². The Morgan fingerprint density at radius 1 is 1.28 bits per heavy atom. The van der Waals surface area contributed by atoms with E-state index in [1.54, 1.807) is 6.20 Å². The van der Waals surface area contributed by atoms with Gasteiger partial charge in [0.1, 0.15) is 11.9 Å². The lowest BCUT2D eigenvalue weighted by Gasteiger charge is -2.14. The molecule has 0 aromatic carbocycles. The highest BCUT2D eigenvalue weighted by Crippen LogP contribution is 2.18. The van der Waals surface area contributed by atoms with Gasteiger partial charge >= 0.3 is 7.12 Å². The molecule has 0 aliphatic rings. The Kier molecular flexibility index (Phi) is 3.91. The lowest BCUT2D eigenvalue weighted by atomic mass is 9.82. The SMILES string of the molecule is CC(Oc1cncc(B(O)O)c1)c1ccccn1. The summed E-state index contributed by atoms with van der Waals surface area (Å²) in [6.45, 7) is 1.87. The third kappa shape index (κ3) is 3.06. The normalized spacial score (nSPS) is 11.9. The largest absolute Gasteiger partial charge is 0.490 e. The van der Waals surface area contributed by atoms with Crippen LogP contribution < -0.4 is 10.2 Å². The minimum Gasteiger partial charge on any atom is -0.483 e. The maximum Gasteiger partial charge on any atom is 0.490 e. The van der Waals surface area contributed by atoms with Crippen LogP contribution in [0.2, 0.25) is 0 Å². The van der Waals surface area contributed by atoms with Gasteiger partial charge < -0.3 is 14.8 Å². The molecule has 2 N–H and O–H groups in total. The van der Waals surface area contributed by atoms with Crippen LogP contribution in [-0.4, -0.2) is 27.1 Å². The molecule has 0 aliphatic heterocycles. The van der Waals surface area contributed by atoms with Gasteiger partial charge in [-0.25, -0.2) is 0 Å². The van der Waals surface area contributed by atoms with E-state index in [2.05, 4.69) is 9.97 Å². The molecule has 1 atom stereocenters. The van der Waals surface area contributed by atoms with Gasteiger partial charge in [-0.3, -0.25) is 9.97 Å². The van der Waals surface area contributed by atoms with Gasteiger partial charge in [-0.2, -0.15) is 0 Å². The van der Waals surface area contributed by atoms with Crippen LogP contribution in [0.15, 0.2) is 42.9 Å². The number of ether oxygens (including phenoxy) is 1. The van der Waals surface area contributed by atoms with Crippen LogP contribution in [0, 0.1) is 0 Å². The number of nitrogens with zero attached hydrogens (tertiary/aromatic N) is 2. The Morgan fingerprint density at radius 2 is 2.11 bits per heavy atom. The van der Waals surface area contributed by atoms with Gasteiger partial charge in [-0.05, 0) is 25.1 Å². The average Bonchev–Trinajstić information content (AvgIpc) is 2.40. The zero-order chi connectivity index (χ0) is 13.0. The molecule has 92 valence electrons. The first-order chi connectivity index (χ1) is 8.66. The monoisotopic (exact) mass is 244 g/mol. The summed E-state index contributed by atoms with van der Waals surface area (Å²) in [7, 11) is -1.55. The van der Waals surface area contributed by atoms with Gasteiger partial charge in [0.15, 0.2) is 0 Å². The molecule has 1 unspecified atom stereocenters. The smallest absolute Gasteiger partial charge is 0.483 e. The fourth-order valence-corrected chi connectivity index (χ4v) is 1.52. The molecular weight excluding hydrogens is 231 g/mol. The summed E-state index contributed by atoms with van der Waals surface area (Å²) in [4.78, 5) is 8.08. The topological polar surface area (TPSA) is 75.5 Å². The van der Waals surface area contributed by atoms with Gasteiger partial charge in [0.25, 0.3) is 0 Å². The van der Waals surface area contributed by atoms with Crippen molar-refractivity contribution in [1.29, 1.82) is 0 Å². The van der Waals surface area contributed by atoms with Crippen LogP contribution in [0.5, 0.6) is 5.75 Å². The van der Waals surface area contributed by atoms with Gasteiger partial charge in [0.05, 0.1) is 11.9 Å². The van der Waals surface area contributed by atoms with E-state index in [9.17, 15) is 0 Å². The Morgan fingerprint density at radius 3 is 2.78 bits per heavy atom. The van der Waals surface area contributed by atoms with Crippen molar-refractivity contribution in [3.05, 3.63) is 48.5 Å². The third-order valence-electron chi connectivity index (χ3n) is 2.45. The predicted octanol–water partition coefficient (Wildman–Crippen LogP) is 0.296. The first-order valence-electron chi connectivity index (χ1n) is 5.55. The fourth-order valence-electron chi connectivity index (χ4n) is 1.52. The van der Waals surface area contributed by atoms with E-state index in [0.717, 1.165) is 5.69 Å². The number of aromatic nitrogens is 2. The molecule has 2 aromatic rings. The summed E-state index contributed by atoms with van der Waals surface area (Å²) in [5, 5.41) is 18.1.